The lowest BCUT2D eigenvalue weighted by molar-refractivity contribution is 1.62. The molecule has 0 aromatic heterocycles. The summed E-state index contributed by atoms with van der Waals surface area (Å²) in [7, 11) is 0. The van der Waals surface area contributed by atoms with E-state index in [0.29, 0.717) is 28.4 Å². The van der Waals surface area contributed by atoms with Gasteiger partial charge < -0.3 is 28.7 Å². The van der Waals surface area contributed by atoms with Crippen LogP contribution in [0.1, 0.15) is 0 Å². The largest absolute Gasteiger partial charge is 0.398 e. The molecule has 3 rings (SSSR count). The fourth-order valence-electron chi connectivity index (χ4n) is 2.43. The molecule has 0 radical (unpaired) electrons. The van der Waals surface area contributed by atoms with Crippen LogP contribution >= 0.6 is 0 Å². The third-order valence-corrected chi connectivity index (χ3v) is 3.66. The van der Waals surface area contributed by atoms with Crippen LogP contribution in [0.4, 0.5) is 28.4 Å². The summed E-state index contributed by atoms with van der Waals surface area (Å²) in [6, 6.07) is 13.1. The molecule has 0 unspecified atom stereocenters. The summed E-state index contributed by atoms with van der Waals surface area (Å²) in [5, 5.41) is 1.72. The summed E-state index contributed by atoms with van der Waals surface area (Å²) in [6.45, 7) is 0. The minimum atomic E-state index is 0.490. The van der Waals surface area contributed by atoms with Crippen molar-refractivity contribution in [2.75, 3.05) is 28.7 Å². The van der Waals surface area contributed by atoms with Crippen molar-refractivity contribution in [3.63, 3.8) is 0 Å². The second kappa shape index (κ2) is 4.49. The second-order valence-electron chi connectivity index (χ2n) is 5.07. The molecule has 0 amide bonds. The van der Waals surface area contributed by atoms with E-state index in [9.17, 15) is 0 Å². The standard InChI is InChI=1S/C16H17N5/c17-12-4-2-9(6-14(12)19)8-1-3-10-11(5-8)13(18)7-15(20)16(10)21/h1-7H,17-21H2. The highest BCUT2D eigenvalue weighted by Crippen LogP contribution is 2.35. The van der Waals surface area contributed by atoms with Gasteiger partial charge in [-0.05, 0) is 35.4 Å². The van der Waals surface area contributed by atoms with Crippen LogP contribution < -0.4 is 28.7 Å². The summed E-state index contributed by atoms with van der Waals surface area (Å²) in [5.41, 5.74) is 34.2. The van der Waals surface area contributed by atoms with E-state index in [1.54, 1.807) is 12.1 Å². The average molecular weight is 279 g/mol. The summed E-state index contributed by atoms with van der Waals surface area (Å²) >= 11 is 0. The van der Waals surface area contributed by atoms with Crippen molar-refractivity contribution < 1.29 is 0 Å². The molecule has 21 heavy (non-hydrogen) atoms. The number of fused-ring (bicyclic) bond motifs is 1. The van der Waals surface area contributed by atoms with E-state index in [2.05, 4.69) is 0 Å². The Balaban J connectivity index is 2.24. The van der Waals surface area contributed by atoms with Crippen LogP contribution in [0.2, 0.25) is 0 Å². The molecule has 10 N–H and O–H groups in total. The van der Waals surface area contributed by atoms with E-state index in [-0.39, 0.29) is 0 Å². The van der Waals surface area contributed by atoms with Gasteiger partial charge >= 0.3 is 0 Å². The van der Waals surface area contributed by atoms with Crippen molar-refractivity contribution >= 4 is 39.2 Å². The van der Waals surface area contributed by atoms with Crippen molar-refractivity contribution in [2.24, 2.45) is 0 Å². The van der Waals surface area contributed by atoms with Crippen molar-refractivity contribution in [2.45, 2.75) is 0 Å². The minimum Gasteiger partial charge on any atom is -0.398 e. The van der Waals surface area contributed by atoms with Gasteiger partial charge in [0.2, 0.25) is 0 Å². The Labute approximate surface area is 122 Å². The molecule has 0 aliphatic rings. The van der Waals surface area contributed by atoms with Gasteiger partial charge in [-0.3, -0.25) is 0 Å². The van der Waals surface area contributed by atoms with Crippen LogP contribution in [-0.4, -0.2) is 0 Å². The van der Waals surface area contributed by atoms with Crippen LogP contribution in [-0.2, 0) is 0 Å². The number of nitrogen functional groups attached to an aromatic ring is 5. The van der Waals surface area contributed by atoms with Gasteiger partial charge in [-0.1, -0.05) is 18.2 Å². The Morgan fingerprint density at radius 2 is 1.14 bits per heavy atom. The fraction of sp³-hybridized carbons (Fsp3) is 0. The highest BCUT2D eigenvalue weighted by atomic mass is 14.7. The lowest BCUT2D eigenvalue weighted by atomic mass is 9.98. The molecule has 5 nitrogen and oxygen atoms in total. The zero-order chi connectivity index (χ0) is 15.1. The number of hydrogen-bond acceptors (Lipinski definition) is 5. The summed E-state index contributed by atoms with van der Waals surface area (Å²) < 4.78 is 0. The van der Waals surface area contributed by atoms with E-state index in [4.69, 9.17) is 28.7 Å². The Morgan fingerprint density at radius 1 is 0.476 bits per heavy atom. The van der Waals surface area contributed by atoms with Gasteiger partial charge in [0.1, 0.15) is 0 Å². The molecule has 0 saturated heterocycles. The molecule has 0 aliphatic heterocycles. The van der Waals surface area contributed by atoms with Gasteiger partial charge in [0.05, 0.1) is 22.7 Å². The zero-order valence-corrected chi connectivity index (χ0v) is 11.4. The first-order chi connectivity index (χ1) is 9.97. The Hall–Kier alpha value is -3.08. The third-order valence-electron chi connectivity index (χ3n) is 3.66. The molecule has 0 fully saturated rings. The molecule has 0 saturated carbocycles. The number of benzene rings is 3. The predicted molar refractivity (Wildman–Crippen MR) is 91.4 cm³/mol. The number of anilines is 5. The van der Waals surface area contributed by atoms with Crippen LogP contribution in [0.3, 0.4) is 0 Å². The second-order valence-corrected chi connectivity index (χ2v) is 5.07. The van der Waals surface area contributed by atoms with Crippen LogP contribution in [0.25, 0.3) is 21.9 Å². The topological polar surface area (TPSA) is 130 Å². The maximum absolute atomic E-state index is 6.05. The first-order valence-electron chi connectivity index (χ1n) is 6.50. The van der Waals surface area contributed by atoms with Crippen molar-refractivity contribution in [1.29, 1.82) is 0 Å². The lowest BCUT2D eigenvalue weighted by Crippen LogP contribution is -1.99. The maximum atomic E-state index is 6.05. The minimum absolute atomic E-state index is 0.490. The molecular weight excluding hydrogens is 262 g/mol. The Kier molecular flexibility index (Phi) is 2.76. The fourth-order valence-corrected chi connectivity index (χ4v) is 2.43. The molecule has 0 heterocycles. The van der Waals surface area contributed by atoms with E-state index in [0.717, 1.165) is 21.9 Å². The van der Waals surface area contributed by atoms with E-state index >= 15 is 0 Å². The van der Waals surface area contributed by atoms with Gasteiger partial charge in [-0.25, -0.2) is 0 Å². The van der Waals surface area contributed by atoms with E-state index in [1.165, 1.54) is 0 Å². The van der Waals surface area contributed by atoms with Crippen molar-refractivity contribution in [3.05, 3.63) is 42.5 Å². The molecule has 0 spiro atoms. The van der Waals surface area contributed by atoms with Gasteiger partial charge in [0, 0.05) is 16.5 Å². The highest BCUT2D eigenvalue weighted by molar-refractivity contribution is 6.06. The summed E-state index contributed by atoms with van der Waals surface area (Å²) in [5.74, 6) is 0. The zero-order valence-electron chi connectivity index (χ0n) is 11.4. The normalized spacial score (nSPS) is 10.9. The third kappa shape index (κ3) is 2.04. The SMILES string of the molecule is Nc1ccc(-c2ccc3c(N)c(N)cc(N)c3c2)cc1N. The molecule has 0 aliphatic carbocycles. The monoisotopic (exact) mass is 279 g/mol. The quantitative estimate of drug-likeness (QED) is 0.437. The van der Waals surface area contributed by atoms with Crippen molar-refractivity contribution in [3.8, 4) is 11.1 Å². The molecule has 3 aromatic carbocycles. The van der Waals surface area contributed by atoms with Crippen LogP contribution in [0, 0.1) is 0 Å². The van der Waals surface area contributed by atoms with E-state index < -0.39 is 0 Å². The molecule has 0 atom stereocenters. The first kappa shape index (κ1) is 12.9. The Bertz CT molecular complexity index is 855. The average Bonchev–Trinajstić information content (AvgIpc) is 2.47. The van der Waals surface area contributed by atoms with Crippen molar-refractivity contribution in [1.82, 2.24) is 0 Å². The van der Waals surface area contributed by atoms with Gasteiger partial charge in [0.15, 0.2) is 0 Å². The van der Waals surface area contributed by atoms with Gasteiger partial charge in [-0.15, -0.1) is 0 Å². The smallest absolute Gasteiger partial charge is 0.0628 e. The number of hydrogen-bond donors (Lipinski definition) is 5. The number of rotatable bonds is 1. The number of nitrogens with two attached hydrogens (primary N) is 5. The first-order valence-corrected chi connectivity index (χ1v) is 6.50. The molecule has 0 bridgehead atoms. The van der Waals surface area contributed by atoms with Crippen LogP contribution in [0.5, 0.6) is 0 Å². The van der Waals surface area contributed by atoms with Crippen LogP contribution in [0.15, 0.2) is 42.5 Å². The summed E-state index contributed by atoms with van der Waals surface area (Å²) in [6.07, 6.45) is 0. The van der Waals surface area contributed by atoms with Gasteiger partial charge in [0.25, 0.3) is 0 Å². The maximum Gasteiger partial charge on any atom is 0.0628 e. The lowest BCUT2D eigenvalue weighted by Gasteiger charge is -2.11. The highest BCUT2D eigenvalue weighted by Gasteiger charge is 2.08. The molecule has 106 valence electrons. The van der Waals surface area contributed by atoms with E-state index in [1.807, 2.05) is 30.3 Å². The molecule has 3 aromatic rings. The molecule has 5 heteroatoms. The Morgan fingerprint density at radius 3 is 1.86 bits per heavy atom. The molecular formula is C16H17N5. The summed E-state index contributed by atoms with van der Waals surface area (Å²) in [4.78, 5) is 0. The van der Waals surface area contributed by atoms with Gasteiger partial charge in [-0.2, -0.15) is 0 Å². The predicted octanol–water partition coefficient (Wildman–Crippen LogP) is 2.42.